The summed E-state index contributed by atoms with van der Waals surface area (Å²) in [5.74, 6) is 3.71. The zero-order chi connectivity index (χ0) is 15.5. The summed E-state index contributed by atoms with van der Waals surface area (Å²) in [5.41, 5.74) is 2.32. The van der Waals surface area contributed by atoms with Gasteiger partial charge < -0.3 is 0 Å². The molecule has 0 amide bonds. The molecule has 0 bridgehead atoms. The highest BCUT2D eigenvalue weighted by molar-refractivity contribution is 5.91. The lowest BCUT2D eigenvalue weighted by Crippen LogP contribution is -2.50. The second-order valence-corrected chi connectivity index (χ2v) is 8.93. The van der Waals surface area contributed by atoms with Crippen LogP contribution in [-0.2, 0) is 4.79 Å². The molecule has 0 spiro atoms. The van der Waals surface area contributed by atoms with E-state index >= 15 is 0 Å². The van der Waals surface area contributed by atoms with Crippen molar-refractivity contribution in [2.45, 2.75) is 65.2 Å². The topological polar surface area (TPSA) is 17.1 Å². The second kappa shape index (κ2) is 4.82. The Morgan fingerprint density at radius 3 is 2.68 bits per heavy atom. The van der Waals surface area contributed by atoms with E-state index in [4.69, 9.17) is 0 Å². The largest absolute Gasteiger partial charge is 0.295 e. The van der Waals surface area contributed by atoms with Crippen molar-refractivity contribution in [2.24, 2.45) is 34.5 Å². The summed E-state index contributed by atoms with van der Waals surface area (Å²) in [4.78, 5) is 11.8. The van der Waals surface area contributed by atoms with Gasteiger partial charge in [0.05, 0.1) is 0 Å². The van der Waals surface area contributed by atoms with Gasteiger partial charge in [-0.1, -0.05) is 25.5 Å². The van der Waals surface area contributed by atoms with Gasteiger partial charge in [0, 0.05) is 6.42 Å². The van der Waals surface area contributed by atoms with Crippen molar-refractivity contribution in [3.63, 3.8) is 0 Å². The van der Waals surface area contributed by atoms with Crippen molar-refractivity contribution in [2.75, 3.05) is 0 Å². The van der Waals surface area contributed by atoms with Gasteiger partial charge in [0.1, 0.15) is 0 Å². The smallest absolute Gasteiger partial charge is 0.155 e. The average molecular weight is 298 g/mol. The van der Waals surface area contributed by atoms with Gasteiger partial charge in [0.25, 0.3) is 0 Å². The monoisotopic (exact) mass is 298 g/mol. The SMILES string of the molecule is C=C[C@H]1CCC2C3CCC4=CC(=O)CC[C@]4(C)C3CC[C@@]21C. The number of carbonyl (C=O) groups is 1. The van der Waals surface area contributed by atoms with Crippen molar-refractivity contribution in [1.29, 1.82) is 0 Å². The molecule has 3 saturated carbocycles. The van der Waals surface area contributed by atoms with Crippen LogP contribution < -0.4 is 0 Å². The number of hydrogen-bond donors (Lipinski definition) is 0. The lowest BCUT2D eigenvalue weighted by molar-refractivity contribution is -0.117. The highest BCUT2D eigenvalue weighted by atomic mass is 16.1. The Morgan fingerprint density at radius 2 is 1.91 bits per heavy atom. The first-order valence-corrected chi connectivity index (χ1v) is 9.35. The summed E-state index contributed by atoms with van der Waals surface area (Å²) in [6, 6.07) is 0. The van der Waals surface area contributed by atoms with Crippen LogP contribution in [0.3, 0.4) is 0 Å². The third-order valence-electron chi connectivity index (χ3n) is 8.32. The molecule has 0 heterocycles. The molecule has 3 unspecified atom stereocenters. The number of rotatable bonds is 1. The molecule has 120 valence electrons. The van der Waals surface area contributed by atoms with E-state index in [1.54, 1.807) is 0 Å². The van der Waals surface area contributed by atoms with E-state index in [2.05, 4.69) is 26.5 Å². The standard InChI is InChI=1S/C21H30O/c1-4-14-6-8-18-17-7-5-15-13-16(22)9-11-21(15,3)19(17)10-12-20(14,18)2/h4,13-14,17-19H,1,5-12H2,2-3H3/t14-,17?,18?,19?,20+,21-/m0/s1. The molecule has 0 N–H and O–H groups in total. The zero-order valence-corrected chi connectivity index (χ0v) is 14.2. The molecule has 0 radical (unpaired) electrons. The Hall–Kier alpha value is -0.850. The molecular formula is C21H30O. The molecule has 0 saturated heterocycles. The van der Waals surface area contributed by atoms with E-state index in [-0.39, 0.29) is 0 Å². The van der Waals surface area contributed by atoms with Crippen LogP contribution in [0.2, 0.25) is 0 Å². The van der Waals surface area contributed by atoms with Crippen molar-refractivity contribution in [3.8, 4) is 0 Å². The fourth-order valence-corrected chi connectivity index (χ4v) is 6.99. The molecule has 0 aromatic carbocycles. The fraction of sp³-hybridized carbons (Fsp3) is 0.762. The molecule has 0 aliphatic heterocycles. The maximum atomic E-state index is 11.8. The molecule has 1 heteroatoms. The van der Waals surface area contributed by atoms with Gasteiger partial charge in [-0.2, -0.15) is 0 Å². The third kappa shape index (κ3) is 1.80. The normalized spacial score (nSPS) is 50.6. The van der Waals surface area contributed by atoms with Gasteiger partial charge >= 0.3 is 0 Å². The summed E-state index contributed by atoms with van der Waals surface area (Å²) in [6.07, 6.45) is 14.1. The number of ketones is 1. The van der Waals surface area contributed by atoms with E-state index in [0.29, 0.717) is 16.6 Å². The van der Waals surface area contributed by atoms with Gasteiger partial charge in [-0.05, 0) is 85.5 Å². The van der Waals surface area contributed by atoms with E-state index in [1.165, 1.54) is 44.1 Å². The predicted octanol–water partition coefficient (Wildman–Crippen LogP) is 5.32. The lowest BCUT2D eigenvalue weighted by Gasteiger charge is -2.58. The van der Waals surface area contributed by atoms with Crippen LogP contribution in [0.25, 0.3) is 0 Å². The number of hydrogen-bond acceptors (Lipinski definition) is 1. The summed E-state index contributed by atoms with van der Waals surface area (Å²) in [7, 11) is 0. The Kier molecular flexibility index (Phi) is 3.23. The predicted molar refractivity (Wildman–Crippen MR) is 90.4 cm³/mol. The minimum absolute atomic E-state index is 0.324. The Balaban J connectivity index is 1.68. The van der Waals surface area contributed by atoms with Gasteiger partial charge in [-0.25, -0.2) is 0 Å². The van der Waals surface area contributed by atoms with Crippen LogP contribution in [0.1, 0.15) is 65.2 Å². The highest BCUT2D eigenvalue weighted by Gasteiger charge is 2.58. The van der Waals surface area contributed by atoms with Gasteiger partial charge in [0.2, 0.25) is 0 Å². The molecule has 4 aliphatic carbocycles. The maximum absolute atomic E-state index is 11.8. The molecule has 3 fully saturated rings. The molecule has 4 aliphatic rings. The van der Waals surface area contributed by atoms with Crippen LogP contribution in [0.4, 0.5) is 0 Å². The molecule has 0 aromatic heterocycles. The molecule has 22 heavy (non-hydrogen) atoms. The maximum Gasteiger partial charge on any atom is 0.155 e. The summed E-state index contributed by atoms with van der Waals surface area (Å²) >= 11 is 0. The number of allylic oxidation sites excluding steroid dienone is 2. The number of fused-ring (bicyclic) bond motifs is 5. The van der Waals surface area contributed by atoms with Crippen LogP contribution in [0, 0.1) is 34.5 Å². The minimum Gasteiger partial charge on any atom is -0.295 e. The summed E-state index contributed by atoms with van der Waals surface area (Å²) in [6.45, 7) is 9.15. The second-order valence-electron chi connectivity index (χ2n) is 8.93. The number of carbonyl (C=O) groups excluding carboxylic acids is 1. The molecular weight excluding hydrogens is 268 g/mol. The van der Waals surface area contributed by atoms with E-state index in [9.17, 15) is 4.79 Å². The van der Waals surface area contributed by atoms with Crippen LogP contribution in [-0.4, -0.2) is 5.78 Å². The van der Waals surface area contributed by atoms with Crippen molar-refractivity contribution < 1.29 is 4.79 Å². The molecule has 6 atom stereocenters. The fourth-order valence-electron chi connectivity index (χ4n) is 6.99. The lowest BCUT2D eigenvalue weighted by atomic mass is 9.47. The third-order valence-corrected chi connectivity index (χ3v) is 8.32. The van der Waals surface area contributed by atoms with Crippen molar-refractivity contribution in [1.82, 2.24) is 0 Å². The summed E-state index contributed by atoms with van der Waals surface area (Å²) < 4.78 is 0. The quantitative estimate of drug-likeness (QED) is 0.599. The Bertz CT molecular complexity index is 544. The zero-order valence-electron chi connectivity index (χ0n) is 14.2. The van der Waals surface area contributed by atoms with Gasteiger partial charge in [-0.15, -0.1) is 6.58 Å². The van der Waals surface area contributed by atoms with E-state index in [0.717, 1.165) is 36.5 Å². The van der Waals surface area contributed by atoms with Crippen molar-refractivity contribution in [3.05, 3.63) is 24.3 Å². The van der Waals surface area contributed by atoms with Crippen LogP contribution in [0.15, 0.2) is 24.3 Å². The van der Waals surface area contributed by atoms with Gasteiger partial charge in [-0.3, -0.25) is 4.79 Å². The van der Waals surface area contributed by atoms with E-state index < -0.39 is 0 Å². The first-order chi connectivity index (χ1) is 10.5. The molecule has 0 aromatic rings. The Labute approximate surface area is 135 Å². The minimum atomic E-state index is 0.324. The van der Waals surface area contributed by atoms with Crippen LogP contribution in [0.5, 0.6) is 0 Å². The molecule has 4 rings (SSSR count). The summed E-state index contributed by atoms with van der Waals surface area (Å²) in [5, 5.41) is 0. The first kappa shape index (κ1) is 14.7. The first-order valence-electron chi connectivity index (χ1n) is 9.35. The van der Waals surface area contributed by atoms with Crippen molar-refractivity contribution >= 4 is 5.78 Å². The van der Waals surface area contributed by atoms with Gasteiger partial charge in [0.15, 0.2) is 5.78 Å². The highest BCUT2D eigenvalue weighted by Crippen LogP contribution is 2.66. The Morgan fingerprint density at radius 1 is 1.09 bits per heavy atom. The molecule has 1 nitrogen and oxygen atoms in total. The average Bonchev–Trinajstić information content (AvgIpc) is 2.84. The van der Waals surface area contributed by atoms with Crippen LogP contribution >= 0.6 is 0 Å². The van der Waals surface area contributed by atoms with E-state index in [1.807, 2.05) is 6.08 Å².